The fourth-order valence-corrected chi connectivity index (χ4v) is 2.93. The first-order chi connectivity index (χ1) is 13.1. The molecule has 1 aromatic carbocycles. The van der Waals surface area contributed by atoms with E-state index >= 15 is 0 Å². The van der Waals surface area contributed by atoms with Crippen LogP contribution in [0.25, 0.3) is 22.2 Å². The Labute approximate surface area is 155 Å². The first kappa shape index (κ1) is 16.8. The maximum atomic E-state index is 12.6. The Hall–Kier alpha value is -3.61. The van der Waals surface area contributed by atoms with Gasteiger partial charge in [-0.25, -0.2) is 9.97 Å². The van der Waals surface area contributed by atoms with Crippen molar-refractivity contribution < 1.29 is 9.53 Å². The van der Waals surface area contributed by atoms with E-state index in [-0.39, 0.29) is 12.2 Å². The second-order valence-electron chi connectivity index (χ2n) is 6.19. The van der Waals surface area contributed by atoms with Gasteiger partial charge in [-0.3, -0.25) is 4.79 Å². The summed E-state index contributed by atoms with van der Waals surface area (Å²) < 4.78 is 7.03. The highest BCUT2D eigenvalue weighted by atomic mass is 16.5. The van der Waals surface area contributed by atoms with Crippen molar-refractivity contribution in [2.75, 3.05) is 7.11 Å². The van der Waals surface area contributed by atoms with Gasteiger partial charge in [0.1, 0.15) is 0 Å². The lowest BCUT2D eigenvalue weighted by Crippen LogP contribution is -2.06. The second-order valence-corrected chi connectivity index (χ2v) is 6.19. The molecule has 0 fully saturated rings. The van der Waals surface area contributed by atoms with Gasteiger partial charge in [-0.15, -0.1) is 0 Å². The van der Waals surface area contributed by atoms with Crippen LogP contribution in [-0.2, 0) is 13.5 Å². The van der Waals surface area contributed by atoms with Gasteiger partial charge in [-0.05, 0) is 24.3 Å². The number of pyridine rings is 1. The second kappa shape index (κ2) is 6.95. The summed E-state index contributed by atoms with van der Waals surface area (Å²) in [6, 6.07) is 11.1. The Kier molecular flexibility index (Phi) is 4.33. The molecule has 0 aliphatic rings. The van der Waals surface area contributed by atoms with Crippen LogP contribution in [0.15, 0.2) is 55.1 Å². The summed E-state index contributed by atoms with van der Waals surface area (Å²) in [7, 11) is 3.47. The van der Waals surface area contributed by atoms with E-state index in [1.807, 2.05) is 42.1 Å². The lowest BCUT2D eigenvalue weighted by Gasteiger charge is -2.06. The standard InChI is InChI=1S/C20H17N5O2/c1-25-12-21-11-18(25)13-3-4-17-15(7-13)8-16(23-24-17)10-19(26)14-5-6-22-20(9-14)27-2/h3-9,11-12H,10H2,1-2H3. The van der Waals surface area contributed by atoms with Crippen LogP contribution in [0.2, 0.25) is 0 Å². The maximum Gasteiger partial charge on any atom is 0.213 e. The molecule has 0 unspecified atom stereocenters. The first-order valence-corrected chi connectivity index (χ1v) is 8.40. The molecule has 27 heavy (non-hydrogen) atoms. The van der Waals surface area contributed by atoms with E-state index < -0.39 is 0 Å². The number of fused-ring (bicyclic) bond motifs is 1. The van der Waals surface area contributed by atoms with Crippen LogP contribution < -0.4 is 4.74 Å². The Morgan fingerprint density at radius 2 is 2.04 bits per heavy atom. The average molecular weight is 359 g/mol. The topological polar surface area (TPSA) is 82.8 Å². The molecule has 0 amide bonds. The summed E-state index contributed by atoms with van der Waals surface area (Å²) in [5, 5.41) is 9.36. The zero-order valence-electron chi connectivity index (χ0n) is 15.0. The number of benzene rings is 1. The number of nitrogens with zero attached hydrogens (tertiary/aromatic N) is 5. The third-order valence-electron chi connectivity index (χ3n) is 4.36. The van der Waals surface area contributed by atoms with Crippen molar-refractivity contribution in [1.82, 2.24) is 24.7 Å². The van der Waals surface area contributed by atoms with Crippen LogP contribution >= 0.6 is 0 Å². The van der Waals surface area contributed by atoms with Gasteiger partial charge in [-0.2, -0.15) is 10.2 Å². The van der Waals surface area contributed by atoms with Gasteiger partial charge < -0.3 is 9.30 Å². The van der Waals surface area contributed by atoms with E-state index in [0.29, 0.717) is 17.1 Å². The van der Waals surface area contributed by atoms with Crippen LogP contribution in [0, 0.1) is 0 Å². The molecular formula is C20H17N5O2. The van der Waals surface area contributed by atoms with E-state index in [1.54, 1.807) is 24.7 Å². The van der Waals surface area contributed by atoms with Gasteiger partial charge in [0.25, 0.3) is 0 Å². The molecule has 0 N–H and O–H groups in total. The third kappa shape index (κ3) is 3.39. The van der Waals surface area contributed by atoms with Crippen molar-refractivity contribution in [3.8, 4) is 17.1 Å². The quantitative estimate of drug-likeness (QED) is 0.510. The van der Waals surface area contributed by atoms with Gasteiger partial charge in [0.15, 0.2) is 5.78 Å². The number of hydrogen-bond donors (Lipinski definition) is 0. The molecule has 3 aromatic heterocycles. The predicted molar refractivity (Wildman–Crippen MR) is 101 cm³/mol. The van der Waals surface area contributed by atoms with Crippen LogP contribution in [-0.4, -0.2) is 37.6 Å². The number of methoxy groups -OCH3 is 1. The number of imidazole rings is 1. The summed E-state index contributed by atoms with van der Waals surface area (Å²) >= 11 is 0. The van der Waals surface area contributed by atoms with Crippen molar-refractivity contribution in [2.24, 2.45) is 7.05 Å². The monoisotopic (exact) mass is 359 g/mol. The van der Waals surface area contributed by atoms with E-state index in [1.165, 1.54) is 7.11 Å². The highest BCUT2D eigenvalue weighted by molar-refractivity contribution is 5.97. The number of ketones is 1. The van der Waals surface area contributed by atoms with Crippen LogP contribution in [0.4, 0.5) is 0 Å². The van der Waals surface area contributed by atoms with E-state index in [2.05, 4.69) is 20.2 Å². The molecule has 0 atom stereocenters. The first-order valence-electron chi connectivity index (χ1n) is 8.40. The molecule has 0 saturated heterocycles. The largest absolute Gasteiger partial charge is 0.481 e. The lowest BCUT2D eigenvalue weighted by molar-refractivity contribution is 0.0991. The van der Waals surface area contributed by atoms with E-state index in [4.69, 9.17) is 4.74 Å². The molecule has 7 heteroatoms. The SMILES string of the molecule is COc1cc(C(=O)Cc2cc3cc(-c4cncn4C)ccc3nn2)ccn1. The van der Waals surface area contributed by atoms with Gasteiger partial charge in [0.05, 0.1) is 43.0 Å². The van der Waals surface area contributed by atoms with Crippen molar-refractivity contribution in [3.63, 3.8) is 0 Å². The number of aryl methyl sites for hydroxylation is 1. The third-order valence-corrected chi connectivity index (χ3v) is 4.36. The molecule has 0 aliphatic carbocycles. The number of ether oxygens (including phenoxy) is 1. The van der Waals surface area contributed by atoms with Gasteiger partial charge >= 0.3 is 0 Å². The number of hydrogen-bond acceptors (Lipinski definition) is 6. The molecule has 0 saturated carbocycles. The molecule has 134 valence electrons. The van der Waals surface area contributed by atoms with Gasteiger partial charge in [-0.1, -0.05) is 6.07 Å². The molecule has 0 radical (unpaired) electrons. The smallest absolute Gasteiger partial charge is 0.213 e. The Bertz CT molecular complexity index is 1140. The number of aromatic nitrogens is 5. The zero-order valence-corrected chi connectivity index (χ0v) is 15.0. The summed E-state index contributed by atoms with van der Waals surface area (Å²) in [6.07, 6.45) is 5.29. The molecule has 0 spiro atoms. The van der Waals surface area contributed by atoms with E-state index in [9.17, 15) is 4.79 Å². The van der Waals surface area contributed by atoms with Crippen molar-refractivity contribution in [1.29, 1.82) is 0 Å². The maximum absolute atomic E-state index is 12.6. The van der Waals surface area contributed by atoms with Crippen LogP contribution in [0.1, 0.15) is 16.1 Å². The fourth-order valence-electron chi connectivity index (χ4n) is 2.93. The molecule has 4 rings (SSSR count). The van der Waals surface area contributed by atoms with Gasteiger partial charge in [0.2, 0.25) is 5.88 Å². The summed E-state index contributed by atoms with van der Waals surface area (Å²) in [4.78, 5) is 20.7. The van der Waals surface area contributed by atoms with Crippen molar-refractivity contribution >= 4 is 16.7 Å². The number of carbonyl (C=O) groups is 1. The Morgan fingerprint density at radius 1 is 1.15 bits per heavy atom. The van der Waals surface area contributed by atoms with E-state index in [0.717, 1.165) is 22.2 Å². The minimum atomic E-state index is -0.0628. The van der Waals surface area contributed by atoms with Crippen LogP contribution in [0.3, 0.4) is 0 Å². The normalized spacial score (nSPS) is 10.9. The fraction of sp³-hybridized carbons (Fsp3) is 0.150. The summed E-state index contributed by atoms with van der Waals surface area (Å²) in [5.74, 6) is 0.346. The van der Waals surface area contributed by atoms with Crippen molar-refractivity contribution in [3.05, 3.63) is 66.4 Å². The minimum absolute atomic E-state index is 0.0628. The number of carbonyl (C=O) groups excluding carboxylic acids is 1. The Morgan fingerprint density at radius 3 is 2.81 bits per heavy atom. The summed E-state index contributed by atoms with van der Waals surface area (Å²) in [6.45, 7) is 0. The molecule has 4 aromatic rings. The van der Waals surface area contributed by atoms with Crippen LogP contribution in [0.5, 0.6) is 5.88 Å². The molecular weight excluding hydrogens is 342 g/mol. The number of rotatable bonds is 5. The predicted octanol–water partition coefficient (Wildman–Crippen LogP) is 2.86. The minimum Gasteiger partial charge on any atom is -0.481 e. The Balaban J connectivity index is 1.64. The van der Waals surface area contributed by atoms with Crippen molar-refractivity contribution in [2.45, 2.75) is 6.42 Å². The lowest BCUT2D eigenvalue weighted by atomic mass is 10.1. The molecule has 0 bridgehead atoms. The highest BCUT2D eigenvalue weighted by Crippen LogP contribution is 2.23. The summed E-state index contributed by atoms with van der Waals surface area (Å²) in [5.41, 5.74) is 3.97. The number of Topliss-reactive ketones (excluding diaryl/α,β-unsaturated/α-hetero) is 1. The molecule has 7 nitrogen and oxygen atoms in total. The zero-order chi connectivity index (χ0) is 18.8. The average Bonchev–Trinajstić information content (AvgIpc) is 3.13. The molecule has 0 aliphatic heterocycles. The molecule has 3 heterocycles. The van der Waals surface area contributed by atoms with Gasteiger partial charge in [0, 0.05) is 35.8 Å². The highest BCUT2D eigenvalue weighted by Gasteiger charge is 2.11.